The summed E-state index contributed by atoms with van der Waals surface area (Å²) in [6, 6.07) is 0. The topological polar surface area (TPSA) is 103 Å². The Balaban J connectivity index is 3.70. The van der Waals surface area contributed by atoms with Gasteiger partial charge in [0.2, 0.25) is 0 Å². The highest BCUT2D eigenvalue weighted by molar-refractivity contribution is 9.09. The van der Waals surface area contributed by atoms with Crippen molar-refractivity contribution in [2.45, 2.75) is 18.2 Å². The molecule has 1 aromatic heterocycles. The van der Waals surface area contributed by atoms with E-state index >= 15 is 0 Å². The molecule has 0 atom stereocenters. The average molecular weight is 277 g/mol. The number of alkyl halides is 1. The van der Waals surface area contributed by atoms with Gasteiger partial charge in [-0.25, -0.2) is 9.59 Å². The highest BCUT2D eigenvalue weighted by atomic mass is 79.9. The van der Waals surface area contributed by atoms with Crippen molar-refractivity contribution in [3.05, 3.63) is 32.1 Å². The average Bonchev–Trinajstić information content (AvgIpc) is 1.99. The van der Waals surface area contributed by atoms with Gasteiger partial charge in [0, 0.05) is 0 Å². The molecule has 3 N–H and O–H groups in total. The Hall–Kier alpha value is -1.37. The van der Waals surface area contributed by atoms with Crippen LogP contribution in [0, 0.1) is 0 Å². The van der Waals surface area contributed by atoms with E-state index in [1.54, 1.807) is 13.8 Å². The fraction of sp³-hybridized carbons (Fsp3) is 0.375. The zero-order chi connectivity index (χ0) is 11.8. The van der Waals surface area contributed by atoms with Gasteiger partial charge in [-0.2, -0.15) is 0 Å². The second kappa shape index (κ2) is 3.65. The second-order valence-corrected chi connectivity index (χ2v) is 5.42. The standard InChI is InChI=1S/C8H9BrN2O4/c1-8(2,9)3-4(6(13)14)10-7(15)11-5(3)12/h1-2H3,(H,13,14)(H2,10,11,12,15). The lowest BCUT2D eigenvalue weighted by atomic mass is 10.0. The van der Waals surface area contributed by atoms with Crippen molar-refractivity contribution in [1.29, 1.82) is 0 Å². The molecule has 0 radical (unpaired) electrons. The molecule has 0 spiro atoms. The Labute approximate surface area is 92.5 Å². The van der Waals surface area contributed by atoms with Crippen molar-refractivity contribution in [3.63, 3.8) is 0 Å². The predicted molar refractivity (Wildman–Crippen MR) is 56.6 cm³/mol. The van der Waals surface area contributed by atoms with Gasteiger partial charge in [-0.1, -0.05) is 15.9 Å². The summed E-state index contributed by atoms with van der Waals surface area (Å²) in [5.74, 6) is -1.35. The maximum absolute atomic E-state index is 11.4. The molecular weight excluding hydrogens is 268 g/mol. The van der Waals surface area contributed by atoms with E-state index in [-0.39, 0.29) is 5.56 Å². The molecule has 0 amide bonds. The van der Waals surface area contributed by atoms with E-state index in [0.717, 1.165) is 0 Å². The van der Waals surface area contributed by atoms with E-state index in [2.05, 4.69) is 20.9 Å². The van der Waals surface area contributed by atoms with Crippen molar-refractivity contribution in [2.75, 3.05) is 0 Å². The van der Waals surface area contributed by atoms with Crippen molar-refractivity contribution >= 4 is 21.9 Å². The highest BCUT2D eigenvalue weighted by Crippen LogP contribution is 2.28. The molecule has 0 fully saturated rings. The lowest BCUT2D eigenvalue weighted by Gasteiger charge is -2.16. The number of carboxylic acid groups (broad SMARTS) is 1. The van der Waals surface area contributed by atoms with Crippen LogP contribution in [0.1, 0.15) is 29.9 Å². The molecule has 1 rings (SSSR count). The maximum Gasteiger partial charge on any atom is 0.353 e. The van der Waals surface area contributed by atoms with E-state index in [1.165, 1.54) is 0 Å². The summed E-state index contributed by atoms with van der Waals surface area (Å²) in [5, 5.41) is 8.83. The van der Waals surface area contributed by atoms with Gasteiger partial charge in [-0.05, 0) is 13.8 Å². The van der Waals surface area contributed by atoms with Crippen molar-refractivity contribution < 1.29 is 9.90 Å². The molecule has 0 saturated carbocycles. The SMILES string of the molecule is CC(C)(Br)c1c(C(=O)O)[nH]c(=O)[nH]c1=O. The Kier molecular flexibility index (Phi) is 2.85. The zero-order valence-corrected chi connectivity index (χ0v) is 9.64. The monoisotopic (exact) mass is 276 g/mol. The van der Waals surface area contributed by atoms with Crippen LogP contribution in [0.2, 0.25) is 0 Å². The molecule has 15 heavy (non-hydrogen) atoms. The number of aromatic amines is 2. The first-order chi connectivity index (χ1) is 6.73. The zero-order valence-electron chi connectivity index (χ0n) is 8.05. The van der Waals surface area contributed by atoms with Crippen LogP contribution in [-0.2, 0) is 4.32 Å². The summed E-state index contributed by atoms with van der Waals surface area (Å²) in [5.41, 5.74) is -1.96. The lowest BCUT2D eigenvalue weighted by molar-refractivity contribution is 0.0687. The van der Waals surface area contributed by atoms with Crippen molar-refractivity contribution in [3.8, 4) is 0 Å². The van der Waals surface area contributed by atoms with Gasteiger partial charge in [0.1, 0.15) is 5.69 Å². The Bertz CT molecular complexity index is 509. The number of H-pyrrole nitrogens is 2. The van der Waals surface area contributed by atoms with Gasteiger partial charge in [-0.15, -0.1) is 0 Å². The Morgan fingerprint density at radius 1 is 1.33 bits per heavy atom. The van der Waals surface area contributed by atoms with Crippen LogP contribution in [-0.4, -0.2) is 21.0 Å². The summed E-state index contributed by atoms with van der Waals surface area (Å²) in [4.78, 5) is 37.2. The molecule has 0 aromatic carbocycles. The highest BCUT2D eigenvalue weighted by Gasteiger charge is 2.27. The Morgan fingerprint density at radius 2 is 1.87 bits per heavy atom. The molecule has 0 unspecified atom stereocenters. The molecule has 82 valence electrons. The Morgan fingerprint density at radius 3 is 2.27 bits per heavy atom. The number of carboxylic acids is 1. The third-order valence-corrected chi connectivity index (χ3v) is 2.15. The van der Waals surface area contributed by atoms with Gasteiger partial charge < -0.3 is 10.1 Å². The number of carbonyl (C=O) groups is 1. The van der Waals surface area contributed by atoms with Crippen molar-refractivity contribution in [2.24, 2.45) is 0 Å². The molecule has 0 saturated heterocycles. The van der Waals surface area contributed by atoms with E-state index in [9.17, 15) is 14.4 Å². The third kappa shape index (κ3) is 2.35. The van der Waals surface area contributed by atoms with E-state index in [1.807, 2.05) is 4.98 Å². The second-order valence-electron chi connectivity index (χ2n) is 3.44. The predicted octanol–water partition coefficient (Wildman–Crippen LogP) is 0.391. The van der Waals surface area contributed by atoms with Crippen molar-refractivity contribution in [1.82, 2.24) is 9.97 Å². The minimum Gasteiger partial charge on any atom is -0.477 e. The largest absolute Gasteiger partial charge is 0.477 e. The van der Waals surface area contributed by atoms with E-state index < -0.39 is 27.2 Å². The van der Waals surface area contributed by atoms with Crippen LogP contribution in [0.5, 0.6) is 0 Å². The van der Waals surface area contributed by atoms with Crippen LogP contribution < -0.4 is 11.2 Å². The fourth-order valence-corrected chi connectivity index (χ4v) is 1.59. The molecule has 0 aliphatic heterocycles. The number of nitrogens with one attached hydrogen (secondary N) is 2. The number of rotatable bonds is 2. The van der Waals surface area contributed by atoms with Crippen LogP contribution in [0.4, 0.5) is 0 Å². The van der Waals surface area contributed by atoms with Crippen LogP contribution in [0.3, 0.4) is 0 Å². The van der Waals surface area contributed by atoms with Gasteiger partial charge in [0.25, 0.3) is 5.56 Å². The first kappa shape index (κ1) is 11.7. The number of aromatic nitrogens is 2. The number of halogens is 1. The summed E-state index contributed by atoms with van der Waals surface area (Å²) in [6.45, 7) is 3.23. The minimum absolute atomic E-state index is 0.0189. The number of hydrogen-bond acceptors (Lipinski definition) is 3. The molecule has 1 heterocycles. The summed E-state index contributed by atoms with van der Waals surface area (Å²) in [6.07, 6.45) is 0. The van der Waals surface area contributed by atoms with Gasteiger partial charge >= 0.3 is 11.7 Å². The summed E-state index contributed by atoms with van der Waals surface area (Å²) >= 11 is 3.18. The molecule has 0 aliphatic rings. The maximum atomic E-state index is 11.4. The summed E-state index contributed by atoms with van der Waals surface area (Å²) < 4.78 is -0.835. The third-order valence-electron chi connectivity index (χ3n) is 1.75. The van der Waals surface area contributed by atoms with E-state index in [0.29, 0.717) is 0 Å². The molecule has 6 nitrogen and oxygen atoms in total. The number of hydrogen-bond donors (Lipinski definition) is 3. The summed E-state index contributed by atoms with van der Waals surface area (Å²) in [7, 11) is 0. The molecule has 0 aliphatic carbocycles. The van der Waals surface area contributed by atoms with Gasteiger partial charge in [0.05, 0.1) is 9.89 Å². The first-order valence-electron chi connectivity index (χ1n) is 4.02. The minimum atomic E-state index is -1.35. The van der Waals surface area contributed by atoms with Gasteiger partial charge in [-0.3, -0.25) is 9.78 Å². The van der Waals surface area contributed by atoms with Crippen LogP contribution in [0.15, 0.2) is 9.59 Å². The van der Waals surface area contributed by atoms with Crippen LogP contribution in [0.25, 0.3) is 0 Å². The lowest BCUT2D eigenvalue weighted by Crippen LogP contribution is -2.34. The quantitative estimate of drug-likeness (QED) is 0.680. The van der Waals surface area contributed by atoms with Gasteiger partial charge in [0.15, 0.2) is 0 Å². The first-order valence-corrected chi connectivity index (χ1v) is 4.82. The molecule has 7 heteroatoms. The number of aromatic carboxylic acids is 1. The molecule has 1 aromatic rings. The fourth-order valence-electron chi connectivity index (χ4n) is 1.21. The smallest absolute Gasteiger partial charge is 0.353 e. The molecular formula is C8H9BrN2O4. The van der Waals surface area contributed by atoms with E-state index in [4.69, 9.17) is 5.11 Å². The van der Waals surface area contributed by atoms with Crippen LogP contribution >= 0.6 is 15.9 Å². The normalized spacial score (nSPS) is 11.4. The molecule has 0 bridgehead atoms.